The lowest BCUT2D eigenvalue weighted by molar-refractivity contribution is 0.151. The highest BCUT2D eigenvalue weighted by atomic mass is 19.3. The van der Waals surface area contributed by atoms with E-state index in [1.165, 1.54) is 18.2 Å². The maximum atomic E-state index is 12.0. The second-order valence-corrected chi connectivity index (χ2v) is 2.34. The van der Waals surface area contributed by atoms with Crippen molar-refractivity contribution in [1.29, 1.82) is 0 Å². The Hall–Kier alpha value is -0.935. The van der Waals surface area contributed by atoms with Crippen molar-refractivity contribution in [2.24, 2.45) is 0 Å². The van der Waals surface area contributed by atoms with Crippen LogP contribution in [0.4, 0.5) is 8.78 Å². The molecule has 64 valence electrons. The third-order valence-corrected chi connectivity index (χ3v) is 1.46. The van der Waals surface area contributed by atoms with E-state index in [4.69, 9.17) is 10.0 Å². The van der Waals surface area contributed by atoms with E-state index in [1.54, 1.807) is 0 Å². The molecule has 0 fully saturated rings. The van der Waals surface area contributed by atoms with Crippen LogP contribution in [0.25, 0.3) is 0 Å². The normalized spacial score (nSPS) is 10.4. The van der Waals surface area contributed by atoms with Gasteiger partial charge in [0.15, 0.2) is 0 Å². The molecule has 12 heavy (non-hydrogen) atoms. The molecule has 1 rings (SSSR count). The molecule has 0 saturated carbocycles. The fourth-order valence-electron chi connectivity index (χ4n) is 0.855. The van der Waals surface area contributed by atoms with Gasteiger partial charge >= 0.3 is 7.12 Å². The highest BCUT2D eigenvalue weighted by Crippen LogP contribution is 2.16. The molecular formula is C7H7BF2O2. The van der Waals surface area contributed by atoms with Gasteiger partial charge < -0.3 is 10.0 Å². The van der Waals surface area contributed by atoms with Crippen LogP contribution >= 0.6 is 0 Å². The fourth-order valence-corrected chi connectivity index (χ4v) is 0.855. The lowest BCUT2D eigenvalue weighted by Gasteiger charge is -2.02. The Kier molecular flexibility index (Phi) is 2.78. The number of hydrogen-bond acceptors (Lipinski definition) is 2. The molecule has 5 heteroatoms. The summed E-state index contributed by atoms with van der Waals surface area (Å²) in [4.78, 5) is 0. The van der Waals surface area contributed by atoms with Crippen LogP contribution in [0.15, 0.2) is 24.3 Å². The molecule has 0 aliphatic heterocycles. The Balaban J connectivity index is 2.96. The van der Waals surface area contributed by atoms with Gasteiger partial charge in [0.1, 0.15) is 0 Å². The summed E-state index contributed by atoms with van der Waals surface area (Å²) in [6.07, 6.45) is -2.58. The highest BCUT2D eigenvalue weighted by molar-refractivity contribution is 6.58. The Labute approximate surface area is 68.6 Å². The number of benzene rings is 1. The van der Waals surface area contributed by atoms with Crippen molar-refractivity contribution in [3.05, 3.63) is 29.8 Å². The third kappa shape index (κ3) is 2.02. The minimum Gasteiger partial charge on any atom is -0.423 e. The zero-order chi connectivity index (χ0) is 9.14. The standard InChI is InChI=1S/C7H7BF2O2/c9-7(10)5-2-1-3-6(4-5)8(11)12/h1-4,7,11-12H. The van der Waals surface area contributed by atoms with Crippen molar-refractivity contribution >= 4 is 12.6 Å². The zero-order valence-electron chi connectivity index (χ0n) is 6.11. The largest absolute Gasteiger partial charge is 0.488 e. The third-order valence-electron chi connectivity index (χ3n) is 1.46. The molecule has 0 atom stereocenters. The van der Waals surface area contributed by atoms with Gasteiger partial charge in [0, 0.05) is 5.56 Å². The van der Waals surface area contributed by atoms with Crippen LogP contribution in [0.1, 0.15) is 12.0 Å². The number of rotatable bonds is 2. The molecule has 0 radical (unpaired) electrons. The molecule has 0 saturated heterocycles. The summed E-state index contributed by atoms with van der Waals surface area (Å²) < 4.78 is 24.1. The average Bonchev–Trinajstić information content (AvgIpc) is 2.04. The van der Waals surface area contributed by atoms with Gasteiger partial charge in [0.2, 0.25) is 0 Å². The van der Waals surface area contributed by atoms with E-state index in [0.717, 1.165) is 6.07 Å². The van der Waals surface area contributed by atoms with Crippen LogP contribution in [-0.4, -0.2) is 17.2 Å². The first-order chi connectivity index (χ1) is 5.61. The van der Waals surface area contributed by atoms with E-state index in [2.05, 4.69) is 0 Å². The summed E-state index contributed by atoms with van der Waals surface area (Å²) >= 11 is 0. The van der Waals surface area contributed by atoms with Gasteiger partial charge in [0.05, 0.1) is 0 Å². The lowest BCUT2D eigenvalue weighted by atomic mass is 9.80. The predicted octanol–water partition coefficient (Wildman–Crippen LogP) is 0.304. The monoisotopic (exact) mass is 172 g/mol. The molecule has 0 aliphatic carbocycles. The summed E-state index contributed by atoms with van der Waals surface area (Å²) in [6.45, 7) is 0. The van der Waals surface area contributed by atoms with Gasteiger partial charge in [-0.25, -0.2) is 8.78 Å². The molecule has 2 N–H and O–H groups in total. The maximum Gasteiger partial charge on any atom is 0.488 e. The Bertz CT molecular complexity index is 242. The molecule has 2 nitrogen and oxygen atoms in total. The van der Waals surface area contributed by atoms with Crippen molar-refractivity contribution in [3.8, 4) is 0 Å². The first kappa shape index (κ1) is 9.16. The quantitative estimate of drug-likeness (QED) is 0.630. The van der Waals surface area contributed by atoms with Crippen molar-refractivity contribution < 1.29 is 18.8 Å². The SMILES string of the molecule is OB(O)c1cccc(C(F)F)c1. The van der Waals surface area contributed by atoms with E-state index in [-0.39, 0.29) is 11.0 Å². The number of hydrogen-bond donors (Lipinski definition) is 2. The van der Waals surface area contributed by atoms with E-state index in [9.17, 15) is 8.78 Å². The Morgan fingerprint density at radius 3 is 2.42 bits per heavy atom. The first-order valence-electron chi connectivity index (χ1n) is 3.35. The fraction of sp³-hybridized carbons (Fsp3) is 0.143. The second kappa shape index (κ2) is 3.64. The minimum absolute atomic E-state index is 0.0767. The molecule has 0 unspecified atom stereocenters. The van der Waals surface area contributed by atoms with E-state index in [0.29, 0.717) is 0 Å². The van der Waals surface area contributed by atoms with E-state index in [1.807, 2.05) is 0 Å². The van der Waals surface area contributed by atoms with Gasteiger partial charge in [-0.2, -0.15) is 0 Å². The van der Waals surface area contributed by atoms with Crippen LogP contribution < -0.4 is 5.46 Å². The van der Waals surface area contributed by atoms with Crippen molar-refractivity contribution in [2.45, 2.75) is 6.43 Å². The maximum absolute atomic E-state index is 12.0. The average molecular weight is 172 g/mol. The highest BCUT2D eigenvalue weighted by Gasteiger charge is 2.13. The predicted molar refractivity (Wildman–Crippen MR) is 41.2 cm³/mol. The summed E-state index contributed by atoms with van der Waals surface area (Å²) in [5.41, 5.74) is -0.131. The summed E-state index contributed by atoms with van der Waals surface area (Å²) in [5.74, 6) is 0. The molecule has 1 aromatic rings. The summed E-state index contributed by atoms with van der Waals surface area (Å²) in [5, 5.41) is 17.3. The Morgan fingerprint density at radius 1 is 1.25 bits per heavy atom. The molecule has 0 bridgehead atoms. The minimum atomic E-state index is -2.58. The second-order valence-electron chi connectivity index (χ2n) is 2.34. The summed E-state index contributed by atoms with van der Waals surface area (Å²) in [7, 11) is -1.69. The molecule has 0 spiro atoms. The van der Waals surface area contributed by atoms with Crippen LogP contribution in [0, 0.1) is 0 Å². The number of alkyl halides is 2. The molecule has 0 heterocycles. The van der Waals surface area contributed by atoms with Gasteiger partial charge in [-0.1, -0.05) is 24.3 Å². The van der Waals surface area contributed by atoms with Gasteiger partial charge in [-0.15, -0.1) is 0 Å². The zero-order valence-corrected chi connectivity index (χ0v) is 6.11. The topological polar surface area (TPSA) is 40.5 Å². The van der Waals surface area contributed by atoms with Crippen LogP contribution in [0.2, 0.25) is 0 Å². The van der Waals surface area contributed by atoms with Gasteiger partial charge in [-0.05, 0) is 5.46 Å². The molecule has 1 aromatic carbocycles. The molecule has 0 aromatic heterocycles. The number of halogens is 2. The van der Waals surface area contributed by atoms with Gasteiger partial charge in [-0.3, -0.25) is 0 Å². The first-order valence-corrected chi connectivity index (χ1v) is 3.35. The van der Waals surface area contributed by atoms with Crippen molar-refractivity contribution in [3.63, 3.8) is 0 Å². The van der Waals surface area contributed by atoms with Gasteiger partial charge in [0.25, 0.3) is 6.43 Å². The van der Waals surface area contributed by atoms with Crippen LogP contribution in [0.3, 0.4) is 0 Å². The van der Waals surface area contributed by atoms with Crippen LogP contribution in [-0.2, 0) is 0 Å². The summed E-state index contributed by atoms with van der Waals surface area (Å²) in [6, 6.07) is 5.03. The molecular weight excluding hydrogens is 165 g/mol. The molecule has 0 aliphatic rings. The molecule has 0 amide bonds. The Morgan fingerprint density at radius 2 is 1.92 bits per heavy atom. The van der Waals surface area contributed by atoms with Crippen LogP contribution in [0.5, 0.6) is 0 Å². The van der Waals surface area contributed by atoms with Crippen molar-refractivity contribution in [1.82, 2.24) is 0 Å². The van der Waals surface area contributed by atoms with Crippen molar-refractivity contribution in [2.75, 3.05) is 0 Å². The lowest BCUT2D eigenvalue weighted by Crippen LogP contribution is -2.29. The van der Waals surface area contributed by atoms with E-state index < -0.39 is 13.5 Å². The smallest absolute Gasteiger partial charge is 0.423 e. The van der Waals surface area contributed by atoms with E-state index >= 15 is 0 Å².